The fourth-order valence-electron chi connectivity index (χ4n) is 2.30. The molecule has 0 heterocycles. The lowest BCUT2D eigenvalue weighted by Crippen LogP contribution is -2.30. The second-order valence-corrected chi connectivity index (χ2v) is 3.76. The molecule has 2 unspecified atom stereocenters. The van der Waals surface area contributed by atoms with Gasteiger partial charge in [0.15, 0.2) is 0 Å². The number of allylic oxidation sites excluding steroid dienone is 2. The summed E-state index contributed by atoms with van der Waals surface area (Å²) >= 11 is 0. The number of carboxylic acid groups (broad SMARTS) is 2. The summed E-state index contributed by atoms with van der Waals surface area (Å²) in [6, 6.07) is 0. The van der Waals surface area contributed by atoms with Gasteiger partial charge >= 0.3 is 11.9 Å². The molecule has 0 aromatic heterocycles. The highest BCUT2D eigenvalue weighted by atomic mass is 16.4. The van der Waals surface area contributed by atoms with E-state index in [1.165, 1.54) is 12.2 Å². The van der Waals surface area contributed by atoms with Crippen LogP contribution in [0.2, 0.25) is 0 Å². The van der Waals surface area contributed by atoms with Gasteiger partial charge in [-0.05, 0) is 18.3 Å². The fraction of sp³-hybridized carbons (Fsp3) is 0.455. The Labute approximate surface area is 87.9 Å². The molecule has 0 amide bonds. The lowest BCUT2D eigenvalue weighted by atomic mass is 9.87. The molecule has 0 spiro atoms. The number of hydrogen-bond acceptors (Lipinski definition) is 2. The molecule has 82 valence electrons. The third-order valence-electron chi connectivity index (χ3n) is 3.03. The Bertz CT molecular complexity index is 278. The lowest BCUT2D eigenvalue weighted by Gasteiger charge is -2.16. The van der Waals surface area contributed by atoms with Gasteiger partial charge in [-0.2, -0.15) is 0 Å². The Morgan fingerprint density at radius 2 is 1.33 bits per heavy atom. The smallest absolute Gasteiger partial charge is 0.307 e. The molecule has 1 rings (SSSR count). The van der Waals surface area contributed by atoms with Crippen LogP contribution in [0.15, 0.2) is 25.3 Å². The summed E-state index contributed by atoms with van der Waals surface area (Å²) in [5.41, 5.74) is 0. The van der Waals surface area contributed by atoms with Crippen LogP contribution < -0.4 is 0 Å². The molecule has 4 heteroatoms. The first kappa shape index (κ1) is 11.5. The first-order valence-corrected chi connectivity index (χ1v) is 4.73. The van der Waals surface area contributed by atoms with Crippen molar-refractivity contribution in [3.8, 4) is 0 Å². The van der Waals surface area contributed by atoms with E-state index in [0.717, 1.165) is 0 Å². The topological polar surface area (TPSA) is 74.6 Å². The highest BCUT2D eigenvalue weighted by Gasteiger charge is 2.48. The summed E-state index contributed by atoms with van der Waals surface area (Å²) in [6.07, 6.45) is 3.55. The summed E-state index contributed by atoms with van der Waals surface area (Å²) in [6.45, 7) is 7.09. The predicted octanol–water partition coefficient (Wildman–Crippen LogP) is 1.40. The Morgan fingerprint density at radius 1 is 1.00 bits per heavy atom. The summed E-state index contributed by atoms with van der Waals surface area (Å²) in [5, 5.41) is 18.0. The highest BCUT2D eigenvalue weighted by molar-refractivity contribution is 5.81. The van der Waals surface area contributed by atoms with Gasteiger partial charge in [0.1, 0.15) is 0 Å². The third kappa shape index (κ3) is 1.93. The standard InChI is InChI=1S/C11H14O4/c1-3-6-5-7(4-2)9(11(14)15)8(6)10(12)13/h3-4,6-9H,1-2,5H2,(H,12,13)(H,14,15)/t6-,7?,8?,9+/m1/s1. The second-order valence-electron chi connectivity index (χ2n) is 3.76. The second kappa shape index (κ2) is 4.29. The van der Waals surface area contributed by atoms with Crippen molar-refractivity contribution < 1.29 is 19.8 Å². The van der Waals surface area contributed by atoms with Crippen LogP contribution in [0.1, 0.15) is 6.42 Å². The predicted molar refractivity (Wildman–Crippen MR) is 54.2 cm³/mol. The van der Waals surface area contributed by atoms with Crippen LogP contribution >= 0.6 is 0 Å². The van der Waals surface area contributed by atoms with Crippen molar-refractivity contribution >= 4 is 11.9 Å². The molecule has 0 aromatic carbocycles. The van der Waals surface area contributed by atoms with Gasteiger partial charge < -0.3 is 10.2 Å². The third-order valence-corrected chi connectivity index (χ3v) is 3.03. The molecule has 1 saturated carbocycles. The van der Waals surface area contributed by atoms with Crippen molar-refractivity contribution in [2.24, 2.45) is 23.7 Å². The highest BCUT2D eigenvalue weighted by Crippen LogP contribution is 2.43. The molecule has 1 aliphatic rings. The molecule has 15 heavy (non-hydrogen) atoms. The van der Waals surface area contributed by atoms with Gasteiger partial charge in [0, 0.05) is 0 Å². The van der Waals surface area contributed by atoms with Crippen LogP contribution in [0.25, 0.3) is 0 Å². The van der Waals surface area contributed by atoms with Crippen LogP contribution in [-0.2, 0) is 9.59 Å². The number of carbonyl (C=O) groups is 2. The van der Waals surface area contributed by atoms with Gasteiger partial charge in [-0.25, -0.2) is 0 Å². The van der Waals surface area contributed by atoms with Crippen LogP contribution in [0.5, 0.6) is 0 Å². The van der Waals surface area contributed by atoms with Crippen molar-refractivity contribution in [3.05, 3.63) is 25.3 Å². The Morgan fingerprint density at radius 3 is 1.53 bits per heavy atom. The van der Waals surface area contributed by atoms with E-state index >= 15 is 0 Å². The first-order chi connectivity index (χ1) is 7.02. The molecule has 4 atom stereocenters. The largest absolute Gasteiger partial charge is 0.481 e. The summed E-state index contributed by atoms with van der Waals surface area (Å²) in [5.74, 6) is -4.49. The molecule has 0 bridgehead atoms. The Hall–Kier alpha value is -1.58. The first-order valence-electron chi connectivity index (χ1n) is 4.73. The van der Waals surface area contributed by atoms with Gasteiger partial charge in [0.05, 0.1) is 11.8 Å². The van der Waals surface area contributed by atoms with E-state index < -0.39 is 23.8 Å². The minimum absolute atomic E-state index is 0.286. The lowest BCUT2D eigenvalue weighted by molar-refractivity contribution is -0.153. The van der Waals surface area contributed by atoms with Crippen molar-refractivity contribution in [1.82, 2.24) is 0 Å². The molecule has 0 saturated heterocycles. The maximum Gasteiger partial charge on any atom is 0.307 e. The molecular formula is C11H14O4. The average molecular weight is 210 g/mol. The van der Waals surface area contributed by atoms with Crippen LogP contribution in [0.3, 0.4) is 0 Å². The molecule has 1 aliphatic carbocycles. The number of rotatable bonds is 4. The molecule has 0 aromatic rings. The number of aliphatic carboxylic acids is 2. The van der Waals surface area contributed by atoms with E-state index in [1.54, 1.807) is 0 Å². The minimum atomic E-state index is -1.07. The molecule has 0 aliphatic heterocycles. The van der Waals surface area contributed by atoms with E-state index in [1.807, 2.05) is 0 Å². The molecule has 0 radical (unpaired) electrons. The number of hydrogen-bond donors (Lipinski definition) is 2. The zero-order valence-corrected chi connectivity index (χ0v) is 8.30. The van der Waals surface area contributed by atoms with E-state index in [-0.39, 0.29) is 11.8 Å². The van der Waals surface area contributed by atoms with E-state index in [2.05, 4.69) is 13.2 Å². The van der Waals surface area contributed by atoms with E-state index in [4.69, 9.17) is 10.2 Å². The minimum Gasteiger partial charge on any atom is -0.481 e. The Kier molecular flexibility index (Phi) is 3.29. The van der Waals surface area contributed by atoms with Gasteiger partial charge in [0.25, 0.3) is 0 Å². The Balaban J connectivity index is 3.05. The average Bonchev–Trinajstić information content (AvgIpc) is 2.55. The van der Waals surface area contributed by atoms with Gasteiger partial charge in [-0.3, -0.25) is 9.59 Å². The quantitative estimate of drug-likeness (QED) is 0.688. The van der Waals surface area contributed by atoms with Gasteiger partial charge in [0.2, 0.25) is 0 Å². The van der Waals surface area contributed by atoms with Crippen LogP contribution in [0.4, 0.5) is 0 Å². The van der Waals surface area contributed by atoms with Gasteiger partial charge in [-0.1, -0.05) is 12.2 Å². The van der Waals surface area contributed by atoms with E-state index in [9.17, 15) is 9.59 Å². The van der Waals surface area contributed by atoms with Crippen LogP contribution in [0, 0.1) is 23.7 Å². The van der Waals surface area contributed by atoms with Crippen molar-refractivity contribution in [2.75, 3.05) is 0 Å². The van der Waals surface area contributed by atoms with Crippen molar-refractivity contribution in [2.45, 2.75) is 6.42 Å². The zero-order chi connectivity index (χ0) is 11.6. The summed E-state index contributed by atoms with van der Waals surface area (Å²) < 4.78 is 0. The zero-order valence-electron chi connectivity index (χ0n) is 8.30. The molecular weight excluding hydrogens is 196 g/mol. The molecule has 4 nitrogen and oxygen atoms in total. The number of carboxylic acids is 2. The van der Waals surface area contributed by atoms with Crippen LogP contribution in [-0.4, -0.2) is 22.2 Å². The maximum atomic E-state index is 11.0. The van der Waals surface area contributed by atoms with Crippen molar-refractivity contribution in [3.63, 3.8) is 0 Å². The van der Waals surface area contributed by atoms with Gasteiger partial charge in [-0.15, -0.1) is 13.2 Å². The molecule has 1 fully saturated rings. The SMILES string of the molecule is C=CC1C[C@@H](C=C)C(C(=O)O)[C@H]1C(=O)O. The van der Waals surface area contributed by atoms with E-state index in [0.29, 0.717) is 6.42 Å². The molecule has 2 N–H and O–H groups in total. The maximum absolute atomic E-state index is 11.0. The summed E-state index contributed by atoms with van der Waals surface area (Å²) in [7, 11) is 0. The summed E-state index contributed by atoms with van der Waals surface area (Å²) in [4.78, 5) is 22.0. The van der Waals surface area contributed by atoms with Crippen molar-refractivity contribution in [1.29, 1.82) is 0 Å². The fourth-order valence-corrected chi connectivity index (χ4v) is 2.30. The normalized spacial score (nSPS) is 34.7. The monoisotopic (exact) mass is 210 g/mol.